The molecule has 0 bridgehead atoms. The summed E-state index contributed by atoms with van der Waals surface area (Å²) >= 11 is 0. The lowest BCUT2D eigenvalue weighted by molar-refractivity contribution is -0.396. The minimum Gasteiger partial charge on any atom is -0.258 e. The largest absolute Gasteiger partial charge is 0.292 e. The highest BCUT2D eigenvalue weighted by molar-refractivity contribution is 7.85. The predicted molar refractivity (Wildman–Crippen MR) is 80.3 cm³/mol. The minimum atomic E-state index is -2.04. The smallest absolute Gasteiger partial charge is 0.258 e. The molecular formula is C13H7N3O7S. The van der Waals surface area contributed by atoms with Gasteiger partial charge in [0.2, 0.25) is 0 Å². The van der Waals surface area contributed by atoms with Gasteiger partial charge in [0.1, 0.15) is 4.90 Å². The third-order valence-corrected chi connectivity index (χ3v) is 5.22. The second kappa shape index (κ2) is 5.45. The second-order valence-electron chi connectivity index (χ2n) is 4.92. The van der Waals surface area contributed by atoms with Crippen LogP contribution in [0.3, 0.4) is 0 Å². The van der Waals surface area contributed by atoms with Crippen LogP contribution in [0.1, 0.15) is 11.1 Å². The Hall–Kier alpha value is -3.21. The first kappa shape index (κ1) is 15.7. The zero-order valence-electron chi connectivity index (χ0n) is 11.7. The van der Waals surface area contributed by atoms with Crippen molar-refractivity contribution in [2.24, 2.45) is 0 Å². The van der Waals surface area contributed by atoms with E-state index in [2.05, 4.69) is 0 Å². The van der Waals surface area contributed by atoms with Crippen LogP contribution in [0.25, 0.3) is 0 Å². The van der Waals surface area contributed by atoms with E-state index in [0.717, 1.165) is 12.1 Å². The Morgan fingerprint density at radius 2 is 1.58 bits per heavy atom. The Kier molecular flexibility index (Phi) is 3.56. The molecule has 0 saturated carbocycles. The molecule has 0 saturated heterocycles. The number of non-ortho nitro benzene ring substituents is 1. The van der Waals surface area contributed by atoms with Crippen molar-refractivity contribution < 1.29 is 19.0 Å². The molecule has 24 heavy (non-hydrogen) atoms. The van der Waals surface area contributed by atoms with E-state index in [1.807, 2.05) is 0 Å². The molecule has 0 spiro atoms. The molecule has 3 rings (SSSR count). The lowest BCUT2D eigenvalue weighted by atomic mass is 10.0. The quantitative estimate of drug-likeness (QED) is 0.521. The summed E-state index contributed by atoms with van der Waals surface area (Å²) in [7, 11) is -2.04. The van der Waals surface area contributed by atoms with Gasteiger partial charge in [-0.05, 0) is 11.6 Å². The molecule has 11 heteroatoms. The highest BCUT2D eigenvalue weighted by Gasteiger charge is 2.35. The van der Waals surface area contributed by atoms with Crippen molar-refractivity contribution in [3.05, 3.63) is 71.8 Å². The number of nitrogens with zero attached hydrogens (tertiary/aromatic N) is 3. The fourth-order valence-electron chi connectivity index (χ4n) is 2.62. The molecule has 2 aromatic carbocycles. The lowest BCUT2D eigenvalue weighted by Crippen LogP contribution is -2.14. The van der Waals surface area contributed by atoms with Crippen LogP contribution in [0.5, 0.6) is 0 Å². The summed E-state index contributed by atoms with van der Waals surface area (Å²) in [5.41, 5.74) is -1.21. The Bertz CT molecular complexity index is 957. The number of rotatable bonds is 3. The van der Waals surface area contributed by atoms with Gasteiger partial charge in [-0.2, -0.15) is 0 Å². The van der Waals surface area contributed by atoms with Gasteiger partial charge >= 0.3 is 0 Å². The Labute approximate surface area is 135 Å². The SMILES string of the molecule is O=[N+]([O-])c1cc2c(c([N+](=O)[O-])c1)S(=O)c1cccc([N+](=O)[O-])c1C2. The van der Waals surface area contributed by atoms with Crippen LogP contribution in [-0.2, 0) is 17.2 Å². The van der Waals surface area contributed by atoms with Gasteiger partial charge in [0.05, 0.1) is 42.1 Å². The molecule has 0 aliphatic carbocycles. The molecule has 0 aromatic heterocycles. The highest BCUT2D eigenvalue weighted by Crippen LogP contribution is 2.42. The topological polar surface area (TPSA) is 146 Å². The van der Waals surface area contributed by atoms with E-state index in [0.29, 0.717) is 0 Å². The zero-order valence-corrected chi connectivity index (χ0v) is 12.5. The first-order chi connectivity index (χ1) is 11.3. The van der Waals surface area contributed by atoms with Crippen molar-refractivity contribution >= 4 is 27.9 Å². The summed E-state index contributed by atoms with van der Waals surface area (Å²) in [6.07, 6.45) is -0.143. The zero-order chi connectivity index (χ0) is 17.6. The summed E-state index contributed by atoms with van der Waals surface area (Å²) < 4.78 is 12.7. The van der Waals surface area contributed by atoms with E-state index >= 15 is 0 Å². The van der Waals surface area contributed by atoms with E-state index in [9.17, 15) is 34.6 Å². The standard InChI is InChI=1S/C13H7N3O7S/c17-14(18)8-4-7-5-9-10(15(19)20)2-1-3-12(9)24(23)13(7)11(6-8)16(21)22/h1-4,6H,5H2. The van der Waals surface area contributed by atoms with Crippen molar-refractivity contribution in [3.8, 4) is 0 Å². The van der Waals surface area contributed by atoms with E-state index in [1.165, 1.54) is 18.2 Å². The maximum atomic E-state index is 12.7. The average molecular weight is 349 g/mol. The molecule has 1 heterocycles. The van der Waals surface area contributed by atoms with Gasteiger partial charge in [0, 0.05) is 18.6 Å². The van der Waals surface area contributed by atoms with Gasteiger partial charge in [-0.15, -0.1) is 0 Å². The van der Waals surface area contributed by atoms with Crippen LogP contribution in [0.15, 0.2) is 40.1 Å². The van der Waals surface area contributed by atoms with Crippen molar-refractivity contribution in [2.45, 2.75) is 16.2 Å². The third kappa shape index (κ3) is 2.31. The molecule has 0 amide bonds. The number of hydrogen-bond acceptors (Lipinski definition) is 7. The summed E-state index contributed by atoms with van der Waals surface area (Å²) in [6.45, 7) is 0. The number of benzene rings is 2. The summed E-state index contributed by atoms with van der Waals surface area (Å²) in [6, 6.07) is 5.79. The lowest BCUT2D eigenvalue weighted by Gasteiger charge is -2.18. The van der Waals surface area contributed by atoms with Crippen LogP contribution in [0.4, 0.5) is 17.1 Å². The van der Waals surface area contributed by atoms with Crippen LogP contribution < -0.4 is 0 Å². The second-order valence-corrected chi connectivity index (χ2v) is 6.31. The molecule has 0 radical (unpaired) electrons. The van der Waals surface area contributed by atoms with Crippen molar-refractivity contribution in [1.29, 1.82) is 0 Å². The maximum absolute atomic E-state index is 12.7. The third-order valence-electron chi connectivity index (χ3n) is 3.60. The summed E-state index contributed by atoms with van der Waals surface area (Å²) in [4.78, 5) is 31.0. The summed E-state index contributed by atoms with van der Waals surface area (Å²) in [5.74, 6) is 0. The van der Waals surface area contributed by atoms with Gasteiger partial charge in [0.25, 0.3) is 17.1 Å². The van der Waals surface area contributed by atoms with Gasteiger partial charge in [-0.25, -0.2) is 4.21 Å². The van der Waals surface area contributed by atoms with E-state index in [4.69, 9.17) is 0 Å². The van der Waals surface area contributed by atoms with Crippen molar-refractivity contribution in [3.63, 3.8) is 0 Å². The fraction of sp³-hybridized carbons (Fsp3) is 0.0769. The van der Waals surface area contributed by atoms with Gasteiger partial charge < -0.3 is 0 Å². The number of fused-ring (bicyclic) bond motifs is 2. The fourth-order valence-corrected chi connectivity index (χ4v) is 4.13. The molecule has 122 valence electrons. The van der Waals surface area contributed by atoms with E-state index < -0.39 is 36.9 Å². The van der Waals surface area contributed by atoms with Gasteiger partial charge in [0.15, 0.2) is 0 Å². The van der Waals surface area contributed by atoms with Crippen molar-refractivity contribution in [2.75, 3.05) is 0 Å². The molecule has 1 unspecified atom stereocenters. The average Bonchev–Trinajstić information content (AvgIpc) is 2.53. The molecule has 0 fully saturated rings. The molecule has 2 aromatic rings. The first-order valence-electron chi connectivity index (χ1n) is 6.45. The predicted octanol–water partition coefficient (Wildman–Crippen LogP) is 2.48. The van der Waals surface area contributed by atoms with Crippen molar-refractivity contribution in [1.82, 2.24) is 0 Å². The van der Waals surface area contributed by atoms with E-state index in [-0.39, 0.29) is 33.0 Å². The summed E-state index contributed by atoms with van der Waals surface area (Å²) in [5, 5.41) is 33.3. The highest BCUT2D eigenvalue weighted by atomic mass is 32.2. The van der Waals surface area contributed by atoms with Crippen LogP contribution in [0, 0.1) is 30.3 Å². The van der Waals surface area contributed by atoms with Gasteiger partial charge in [-0.1, -0.05) is 6.07 Å². The molecule has 1 atom stereocenters. The van der Waals surface area contributed by atoms with Crippen LogP contribution >= 0.6 is 0 Å². The van der Waals surface area contributed by atoms with E-state index in [1.54, 1.807) is 0 Å². The minimum absolute atomic E-state index is 0.0797. The van der Waals surface area contributed by atoms with Crippen LogP contribution in [-0.4, -0.2) is 19.0 Å². The van der Waals surface area contributed by atoms with Crippen LogP contribution in [0.2, 0.25) is 0 Å². The molecule has 1 aliphatic rings. The Balaban J connectivity index is 2.31. The Morgan fingerprint density at radius 1 is 0.917 bits per heavy atom. The number of nitro groups is 3. The monoisotopic (exact) mass is 349 g/mol. The normalized spacial score (nSPS) is 15.2. The molecule has 0 N–H and O–H groups in total. The van der Waals surface area contributed by atoms with Gasteiger partial charge in [-0.3, -0.25) is 30.3 Å². The maximum Gasteiger partial charge on any atom is 0.292 e. The molecular weight excluding hydrogens is 342 g/mol. The number of hydrogen-bond donors (Lipinski definition) is 0. The molecule has 10 nitrogen and oxygen atoms in total. The molecule has 1 aliphatic heterocycles. The first-order valence-corrected chi connectivity index (χ1v) is 7.60. The number of nitro benzene ring substituents is 3. The Morgan fingerprint density at radius 3 is 2.17 bits per heavy atom.